The second-order valence-corrected chi connectivity index (χ2v) is 9.49. The molecule has 1 amide bonds. The number of methoxy groups -OCH3 is 1. The van der Waals surface area contributed by atoms with E-state index in [0.717, 1.165) is 6.26 Å². The van der Waals surface area contributed by atoms with Gasteiger partial charge < -0.3 is 15.4 Å². The summed E-state index contributed by atoms with van der Waals surface area (Å²) in [7, 11) is -1.85. The van der Waals surface area contributed by atoms with Gasteiger partial charge in [0.15, 0.2) is 9.84 Å². The number of amides is 1. The second-order valence-electron chi connectivity index (χ2n) is 7.48. The molecule has 0 aliphatic carbocycles. The average Bonchev–Trinajstić information content (AvgIpc) is 3.10. The largest absolute Gasteiger partial charge is 0.495 e. The number of benzene rings is 3. The van der Waals surface area contributed by atoms with Gasteiger partial charge in [-0.3, -0.25) is 4.79 Å². The predicted octanol–water partition coefficient (Wildman–Crippen LogP) is 3.78. The molecule has 0 aromatic heterocycles. The zero-order chi connectivity index (χ0) is 23.0. The van der Waals surface area contributed by atoms with Crippen LogP contribution in [0.25, 0.3) is 11.1 Å². The molecule has 32 heavy (non-hydrogen) atoms. The first kappa shape index (κ1) is 21.6. The molecule has 0 unspecified atom stereocenters. The standard InChI is InChI=1S/C24H21FN2O4S/c1-31-22-11-8-16(12-21(22)26)23-20(15-6-9-19(10-7-15)32(2,29)30)14-27(24(23)28)18-5-3-4-17(25)13-18/h3-13H,14,26H2,1-2H3. The highest BCUT2D eigenvalue weighted by Crippen LogP contribution is 2.39. The lowest BCUT2D eigenvalue weighted by molar-refractivity contribution is -0.112. The first-order valence-electron chi connectivity index (χ1n) is 9.74. The van der Waals surface area contributed by atoms with Gasteiger partial charge in [0, 0.05) is 11.9 Å². The SMILES string of the molecule is COc1ccc(C2=C(c3ccc(S(C)(=O)=O)cc3)CN(c3cccc(F)c3)C2=O)cc1N. The first-order valence-corrected chi connectivity index (χ1v) is 11.6. The number of anilines is 2. The summed E-state index contributed by atoms with van der Waals surface area (Å²) in [6, 6.07) is 17.2. The molecule has 3 aromatic rings. The molecule has 1 aliphatic heterocycles. The maximum atomic E-state index is 13.8. The van der Waals surface area contributed by atoms with E-state index in [9.17, 15) is 17.6 Å². The Bertz CT molecular complexity index is 1350. The van der Waals surface area contributed by atoms with Crippen LogP contribution in [0.15, 0.2) is 71.6 Å². The molecule has 0 fully saturated rings. The van der Waals surface area contributed by atoms with Gasteiger partial charge in [-0.1, -0.05) is 24.3 Å². The van der Waals surface area contributed by atoms with Crippen molar-refractivity contribution in [1.29, 1.82) is 0 Å². The number of sulfone groups is 1. The number of hydrogen-bond donors (Lipinski definition) is 1. The molecule has 2 N–H and O–H groups in total. The lowest BCUT2D eigenvalue weighted by Crippen LogP contribution is -2.26. The summed E-state index contributed by atoms with van der Waals surface area (Å²) in [6.45, 7) is 0.196. The molecule has 0 atom stereocenters. The van der Waals surface area contributed by atoms with Crippen molar-refractivity contribution in [3.05, 3.63) is 83.7 Å². The van der Waals surface area contributed by atoms with Crippen LogP contribution in [-0.4, -0.2) is 34.2 Å². The summed E-state index contributed by atoms with van der Waals surface area (Å²) in [5, 5.41) is 0. The molecule has 4 rings (SSSR count). The minimum atomic E-state index is -3.36. The molecule has 0 spiro atoms. The third-order valence-corrected chi connectivity index (χ3v) is 6.47. The van der Waals surface area contributed by atoms with E-state index in [1.54, 1.807) is 42.5 Å². The fraction of sp³-hybridized carbons (Fsp3) is 0.125. The Morgan fingerprint density at radius 1 is 1.00 bits per heavy atom. The van der Waals surface area contributed by atoms with Gasteiger partial charge in [0.25, 0.3) is 5.91 Å². The van der Waals surface area contributed by atoms with Crippen molar-refractivity contribution in [3.63, 3.8) is 0 Å². The maximum Gasteiger partial charge on any atom is 0.259 e. The summed E-state index contributed by atoms with van der Waals surface area (Å²) in [5.41, 5.74) is 9.26. The van der Waals surface area contributed by atoms with E-state index < -0.39 is 15.7 Å². The monoisotopic (exact) mass is 452 g/mol. The molecule has 8 heteroatoms. The van der Waals surface area contributed by atoms with Crippen LogP contribution in [-0.2, 0) is 14.6 Å². The number of nitrogens with two attached hydrogens (primary N) is 1. The van der Waals surface area contributed by atoms with Gasteiger partial charge in [0.1, 0.15) is 11.6 Å². The summed E-state index contributed by atoms with van der Waals surface area (Å²) in [4.78, 5) is 15.1. The van der Waals surface area contributed by atoms with Gasteiger partial charge in [0.2, 0.25) is 0 Å². The van der Waals surface area contributed by atoms with Crippen LogP contribution in [0, 0.1) is 5.82 Å². The fourth-order valence-corrected chi connectivity index (χ4v) is 4.38. The molecule has 1 heterocycles. The number of halogens is 1. The minimum absolute atomic E-state index is 0.184. The van der Waals surface area contributed by atoms with E-state index in [1.165, 1.54) is 36.3 Å². The highest BCUT2D eigenvalue weighted by Gasteiger charge is 2.33. The van der Waals surface area contributed by atoms with E-state index in [0.29, 0.717) is 39.4 Å². The van der Waals surface area contributed by atoms with Crippen molar-refractivity contribution < 1.29 is 22.3 Å². The van der Waals surface area contributed by atoms with Crippen molar-refractivity contribution in [3.8, 4) is 5.75 Å². The topological polar surface area (TPSA) is 89.7 Å². The van der Waals surface area contributed by atoms with Crippen LogP contribution in [0.5, 0.6) is 5.75 Å². The molecule has 0 saturated carbocycles. The molecular formula is C24H21FN2O4S. The normalized spacial score (nSPS) is 14.2. The Labute approximate surface area is 185 Å². The minimum Gasteiger partial charge on any atom is -0.495 e. The maximum absolute atomic E-state index is 13.8. The molecule has 1 aliphatic rings. The Balaban J connectivity index is 1.86. The van der Waals surface area contributed by atoms with Crippen molar-refractivity contribution in [2.75, 3.05) is 30.5 Å². The quantitative estimate of drug-likeness (QED) is 0.595. The summed E-state index contributed by atoms with van der Waals surface area (Å²) in [5.74, 6) is -0.264. The van der Waals surface area contributed by atoms with Crippen molar-refractivity contribution >= 4 is 38.3 Å². The van der Waals surface area contributed by atoms with Crippen LogP contribution in [0.2, 0.25) is 0 Å². The van der Waals surface area contributed by atoms with E-state index in [4.69, 9.17) is 10.5 Å². The number of carbonyl (C=O) groups is 1. The summed E-state index contributed by atoms with van der Waals surface area (Å²) in [6.07, 6.45) is 1.14. The van der Waals surface area contributed by atoms with E-state index >= 15 is 0 Å². The van der Waals surface area contributed by atoms with E-state index in [-0.39, 0.29) is 17.3 Å². The Morgan fingerprint density at radius 3 is 2.28 bits per heavy atom. The van der Waals surface area contributed by atoms with Gasteiger partial charge in [-0.2, -0.15) is 0 Å². The van der Waals surface area contributed by atoms with Crippen molar-refractivity contribution in [1.82, 2.24) is 0 Å². The van der Waals surface area contributed by atoms with Crippen LogP contribution in [0.3, 0.4) is 0 Å². The third kappa shape index (κ3) is 3.97. The molecule has 164 valence electrons. The Hall–Kier alpha value is -3.65. The smallest absolute Gasteiger partial charge is 0.259 e. The molecule has 6 nitrogen and oxygen atoms in total. The summed E-state index contributed by atoms with van der Waals surface area (Å²) >= 11 is 0. The molecule has 0 bridgehead atoms. The number of nitrogen functional groups attached to an aromatic ring is 1. The number of carbonyl (C=O) groups excluding carboxylic acids is 1. The van der Waals surface area contributed by atoms with Gasteiger partial charge in [-0.15, -0.1) is 0 Å². The molecular weight excluding hydrogens is 431 g/mol. The highest BCUT2D eigenvalue weighted by molar-refractivity contribution is 7.90. The predicted molar refractivity (Wildman–Crippen MR) is 123 cm³/mol. The van der Waals surface area contributed by atoms with Crippen LogP contribution >= 0.6 is 0 Å². The average molecular weight is 453 g/mol. The summed E-state index contributed by atoms with van der Waals surface area (Å²) < 4.78 is 42.7. The molecule has 0 saturated heterocycles. The van der Waals surface area contributed by atoms with Gasteiger partial charge in [0.05, 0.1) is 29.8 Å². The van der Waals surface area contributed by atoms with Gasteiger partial charge in [-0.25, -0.2) is 12.8 Å². The lowest BCUT2D eigenvalue weighted by Gasteiger charge is -2.17. The second kappa shape index (κ2) is 8.12. The number of rotatable bonds is 5. The Kier molecular flexibility index (Phi) is 5.48. The lowest BCUT2D eigenvalue weighted by atomic mass is 9.96. The Morgan fingerprint density at radius 2 is 1.69 bits per heavy atom. The fourth-order valence-electron chi connectivity index (χ4n) is 3.75. The van der Waals surface area contributed by atoms with E-state index in [2.05, 4.69) is 0 Å². The number of nitrogens with zero attached hydrogens (tertiary/aromatic N) is 1. The first-order chi connectivity index (χ1) is 15.2. The number of ether oxygens (including phenoxy) is 1. The number of hydrogen-bond acceptors (Lipinski definition) is 5. The van der Waals surface area contributed by atoms with Crippen LogP contribution in [0.4, 0.5) is 15.8 Å². The van der Waals surface area contributed by atoms with Gasteiger partial charge >= 0.3 is 0 Å². The van der Waals surface area contributed by atoms with Crippen LogP contribution < -0.4 is 15.4 Å². The van der Waals surface area contributed by atoms with Gasteiger partial charge in [-0.05, 0) is 59.2 Å². The molecule has 0 radical (unpaired) electrons. The zero-order valence-electron chi connectivity index (χ0n) is 17.5. The van der Waals surface area contributed by atoms with E-state index in [1.807, 2.05) is 0 Å². The highest BCUT2D eigenvalue weighted by atomic mass is 32.2. The van der Waals surface area contributed by atoms with Crippen LogP contribution in [0.1, 0.15) is 11.1 Å². The third-order valence-electron chi connectivity index (χ3n) is 5.35. The zero-order valence-corrected chi connectivity index (χ0v) is 18.3. The van der Waals surface area contributed by atoms with Crippen molar-refractivity contribution in [2.24, 2.45) is 0 Å². The molecule has 3 aromatic carbocycles. The van der Waals surface area contributed by atoms with Crippen molar-refractivity contribution in [2.45, 2.75) is 4.90 Å².